The van der Waals surface area contributed by atoms with Crippen LogP contribution in [0.3, 0.4) is 0 Å². The van der Waals surface area contributed by atoms with E-state index in [0.29, 0.717) is 18.6 Å². The van der Waals surface area contributed by atoms with Gasteiger partial charge in [0.25, 0.3) is 0 Å². The van der Waals surface area contributed by atoms with Crippen LogP contribution in [0.1, 0.15) is 71.9 Å². The molecule has 0 radical (unpaired) electrons. The van der Waals surface area contributed by atoms with E-state index in [0.717, 1.165) is 18.4 Å². The lowest BCUT2D eigenvalue weighted by Gasteiger charge is -2.20. The summed E-state index contributed by atoms with van der Waals surface area (Å²) >= 11 is 0. The molecule has 0 N–H and O–H groups in total. The minimum Gasteiger partial charge on any atom is -0.498 e. The number of hydrogen-bond acceptors (Lipinski definition) is 3. The van der Waals surface area contributed by atoms with E-state index in [2.05, 4.69) is 32.6 Å². The number of rotatable bonds is 13. The van der Waals surface area contributed by atoms with Crippen LogP contribution in [-0.4, -0.2) is 20.0 Å². The van der Waals surface area contributed by atoms with Crippen molar-refractivity contribution in [2.75, 3.05) is 13.7 Å². The summed E-state index contributed by atoms with van der Waals surface area (Å²) in [6.45, 7) is 15.4. The monoisotopic (exact) mass is 452 g/mol. The standard InChI is InChI=1S/C24H34F2O3.C3H8/c1-7-9-10-20-11-13-21(14-12-20)16-29-19(5)28-15-17(3)22(8-2)24(26)23(25)18(4)27-6;1-3-2/h7,11-14,17,19H,1,8-10,15-16H2,2-6H3;3H2,1-2H3/b23-18-,24-22-;. The largest absolute Gasteiger partial charge is 0.498 e. The van der Waals surface area contributed by atoms with Gasteiger partial charge in [-0.15, -0.1) is 6.58 Å². The first-order valence-corrected chi connectivity index (χ1v) is 11.5. The number of methoxy groups -OCH3 is 1. The molecule has 2 atom stereocenters. The quantitative estimate of drug-likeness (QED) is 0.131. The molecule has 0 fully saturated rings. The third-order valence-corrected chi connectivity index (χ3v) is 4.79. The van der Waals surface area contributed by atoms with Crippen molar-refractivity contribution in [3.63, 3.8) is 0 Å². The Balaban J connectivity index is 0.00000302. The Morgan fingerprint density at radius 1 is 1.00 bits per heavy atom. The molecule has 182 valence electrons. The molecule has 1 aromatic rings. The number of benzene rings is 1. The zero-order valence-corrected chi connectivity index (χ0v) is 21.0. The molecular weight excluding hydrogens is 410 g/mol. The summed E-state index contributed by atoms with van der Waals surface area (Å²) in [5, 5.41) is 0. The molecule has 1 aromatic carbocycles. The Labute approximate surface area is 194 Å². The summed E-state index contributed by atoms with van der Waals surface area (Å²) in [6.07, 6.45) is 5.02. The third-order valence-electron chi connectivity index (χ3n) is 4.79. The van der Waals surface area contributed by atoms with E-state index in [4.69, 9.17) is 14.2 Å². The van der Waals surface area contributed by atoms with Gasteiger partial charge in [-0.05, 0) is 49.8 Å². The summed E-state index contributed by atoms with van der Waals surface area (Å²) in [4.78, 5) is 0. The maximum Gasteiger partial charge on any atom is 0.195 e. The van der Waals surface area contributed by atoms with Gasteiger partial charge in [0.1, 0.15) is 5.76 Å². The van der Waals surface area contributed by atoms with Gasteiger partial charge in [-0.25, -0.2) is 8.78 Å². The predicted molar refractivity (Wildman–Crippen MR) is 130 cm³/mol. The SMILES string of the molecule is C=CCCc1ccc(COC(C)OCC(C)/C(CC)=C(F)/C(F)=C(\C)OC)cc1.CCC. The van der Waals surface area contributed by atoms with Crippen LogP contribution in [-0.2, 0) is 27.2 Å². The van der Waals surface area contributed by atoms with E-state index in [-0.39, 0.29) is 18.3 Å². The van der Waals surface area contributed by atoms with Crippen LogP contribution in [0.25, 0.3) is 0 Å². The highest BCUT2D eigenvalue weighted by Gasteiger charge is 2.19. The molecule has 0 aliphatic rings. The van der Waals surface area contributed by atoms with Crippen LogP contribution in [0.2, 0.25) is 0 Å². The maximum atomic E-state index is 14.4. The minimum absolute atomic E-state index is 0.0752. The lowest BCUT2D eigenvalue weighted by molar-refractivity contribution is -0.142. The molecule has 0 heterocycles. The predicted octanol–water partition coefficient (Wildman–Crippen LogP) is 8.22. The van der Waals surface area contributed by atoms with Crippen LogP contribution in [0, 0.1) is 5.92 Å². The van der Waals surface area contributed by atoms with Crippen LogP contribution in [0.5, 0.6) is 0 Å². The first-order valence-electron chi connectivity index (χ1n) is 11.5. The molecule has 0 saturated carbocycles. The summed E-state index contributed by atoms with van der Waals surface area (Å²) in [6, 6.07) is 8.24. The molecular formula is C27H42F2O3. The maximum absolute atomic E-state index is 14.4. The summed E-state index contributed by atoms with van der Waals surface area (Å²) < 4.78 is 44.7. The van der Waals surface area contributed by atoms with Gasteiger partial charge in [0, 0.05) is 5.92 Å². The van der Waals surface area contributed by atoms with E-state index in [1.54, 1.807) is 13.8 Å². The van der Waals surface area contributed by atoms with Crippen molar-refractivity contribution in [2.24, 2.45) is 5.92 Å². The lowest BCUT2D eigenvalue weighted by atomic mass is 9.98. The molecule has 0 aromatic heterocycles. The van der Waals surface area contributed by atoms with Crippen LogP contribution >= 0.6 is 0 Å². The second kappa shape index (κ2) is 17.6. The molecule has 3 nitrogen and oxygen atoms in total. The van der Waals surface area contributed by atoms with Crippen molar-refractivity contribution in [2.45, 2.75) is 80.1 Å². The average molecular weight is 453 g/mol. The molecule has 0 aliphatic heterocycles. The Bertz CT molecular complexity index is 708. The molecule has 32 heavy (non-hydrogen) atoms. The van der Waals surface area contributed by atoms with E-state index in [9.17, 15) is 8.78 Å². The number of halogens is 2. The minimum atomic E-state index is -0.961. The summed E-state index contributed by atoms with van der Waals surface area (Å²) in [7, 11) is 1.31. The highest BCUT2D eigenvalue weighted by Crippen LogP contribution is 2.28. The first kappa shape index (κ1) is 30.0. The Morgan fingerprint density at radius 3 is 2.06 bits per heavy atom. The lowest BCUT2D eigenvalue weighted by Crippen LogP contribution is -2.18. The number of allylic oxidation sites excluding steroid dienone is 4. The number of ether oxygens (including phenoxy) is 3. The molecule has 0 saturated heterocycles. The van der Waals surface area contributed by atoms with Crippen molar-refractivity contribution in [3.8, 4) is 0 Å². The highest BCUT2D eigenvalue weighted by molar-refractivity contribution is 5.28. The topological polar surface area (TPSA) is 27.7 Å². The molecule has 0 spiro atoms. The third kappa shape index (κ3) is 11.6. The fourth-order valence-electron chi connectivity index (χ4n) is 2.82. The number of hydrogen-bond donors (Lipinski definition) is 0. The normalized spacial score (nSPS) is 14.4. The van der Waals surface area contributed by atoms with Crippen molar-refractivity contribution >= 4 is 0 Å². The molecule has 5 heteroatoms. The van der Waals surface area contributed by atoms with Crippen molar-refractivity contribution in [1.29, 1.82) is 0 Å². The van der Waals surface area contributed by atoms with Crippen LogP contribution in [0.15, 0.2) is 59.9 Å². The smallest absolute Gasteiger partial charge is 0.195 e. The van der Waals surface area contributed by atoms with Gasteiger partial charge in [0.15, 0.2) is 17.9 Å². The average Bonchev–Trinajstić information content (AvgIpc) is 2.80. The van der Waals surface area contributed by atoms with Gasteiger partial charge in [0.2, 0.25) is 0 Å². The van der Waals surface area contributed by atoms with E-state index in [1.807, 2.05) is 25.1 Å². The van der Waals surface area contributed by atoms with Crippen molar-refractivity contribution < 1.29 is 23.0 Å². The summed E-state index contributed by atoms with van der Waals surface area (Å²) in [5.74, 6) is -2.19. The molecule has 2 unspecified atom stereocenters. The molecule has 0 amide bonds. The van der Waals surface area contributed by atoms with Crippen molar-refractivity contribution in [1.82, 2.24) is 0 Å². The van der Waals surface area contributed by atoms with E-state index >= 15 is 0 Å². The zero-order chi connectivity index (χ0) is 24.5. The highest BCUT2D eigenvalue weighted by atomic mass is 19.2. The molecule has 0 bridgehead atoms. The van der Waals surface area contributed by atoms with Gasteiger partial charge in [-0.1, -0.05) is 64.5 Å². The van der Waals surface area contributed by atoms with E-state index in [1.165, 1.54) is 26.0 Å². The molecule has 0 aliphatic carbocycles. The fourth-order valence-corrected chi connectivity index (χ4v) is 2.82. The Morgan fingerprint density at radius 2 is 1.56 bits per heavy atom. The zero-order valence-electron chi connectivity index (χ0n) is 21.0. The Kier molecular flexibility index (Phi) is 16.5. The first-order chi connectivity index (χ1) is 15.2. The van der Waals surface area contributed by atoms with Crippen LogP contribution in [0.4, 0.5) is 8.78 Å². The van der Waals surface area contributed by atoms with E-state index < -0.39 is 17.9 Å². The second-order valence-electron chi connectivity index (χ2n) is 7.73. The van der Waals surface area contributed by atoms with Crippen molar-refractivity contribution in [3.05, 3.63) is 71.0 Å². The van der Waals surface area contributed by atoms with Gasteiger partial charge in [-0.2, -0.15) is 0 Å². The fraction of sp³-hybridized carbons (Fsp3) is 0.556. The summed E-state index contributed by atoms with van der Waals surface area (Å²) in [5.41, 5.74) is 2.68. The van der Waals surface area contributed by atoms with Gasteiger partial charge < -0.3 is 14.2 Å². The van der Waals surface area contributed by atoms with Gasteiger partial charge >= 0.3 is 0 Å². The van der Waals surface area contributed by atoms with Crippen LogP contribution < -0.4 is 0 Å². The second-order valence-corrected chi connectivity index (χ2v) is 7.73. The molecule has 1 rings (SSSR count). The van der Waals surface area contributed by atoms with Gasteiger partial charge in [0.05, 0.1) is 20.3 Å². The Hall–Kier alpha value is -1.98. The van der Waals surface area contributed by atoms with Gasteiger partial charge in [-0.3, -0.25) is 0 Å². The number of aryl methyl sites for hydroxylation is 1.